The van der Waals surface area contributed by atoms with Gasteiger partial charge in [0.15, 0.2) is 5.96 Å². The molecule has 5 N–H and O–H groups in total. The molecule has 0 aromatic rings. The largest absolute Gasteiger partial charge is 0.380 e. The Kier molecular flexibility index (Phi) is 3.07. The smallest absolute Gasteiger partial charge is 0.221 e. The Hall–Kier alpha value is -1.30. The molecule has 1 fully saturated rings. The van der Waals surface area contributed by atoms with E-state index in [1.807, 2.05) is 0 Å². The average Bonchev–Trinajstić information content (AvgIpc) is 2.50. The van der Waals surface area contributed by atoms with E-state index in [9.17, 15) is 0 Å². The first kappa shape index (κ1) is 9.79. The fourth-order valence-corrected chi connectivity index (χ4v) is 1.31. The summed E-state index contributed by atoms with van der Waals surface area (Å²) in [6.45, 7) is 1.46. The number of guanidine groups is 2. The van der Waals surface area contributed by atoms with Crippen LogP contribution in [0.1, 0.15) is 6.42 Å². The molecule has 1 aliphatic heterocycles. The lowest BCUT2D eigenvalue weighted by Gasteiger charge is -2.15. The van der Waals surface area contributed by atoms with Gasteiger partial charge in [-0.15, -0.1) is 0 Å². The molecule has 6 nitrogen and oxygen atoms in total. The molecule has 1 heterocycles. The first-order valence-electron chi connectivity index (χ1n) is 4.09. The summed E-state index contributed by atoms with van der Waals surface area (Å²) in [5.41, 5.74) is 10.3. The standard InChI is InChI=1S/C7H15N5O/c1-13-5-2-3-12(4-5)7(10)11-6(8)9/h5H,2-4H2,1H3,(H5,8,9,10,11). The fraction of sp³-hybridized carbons (Fsp3) is 0.714. The Balaban J connectivity index is 2.47. The van der Waals surface area contributed by atoms with Gasteiger partial charge in [0.25, 0.3) is 0 Å². The first-order chi connectivity index (χ1) is 6.13. The van der Waals surface area contributed by atoms with E-state index < -0.39 is 0 Å². The monoisotopic (exact) mass is 185 g/mol. The minimum absolute atomic E-state index is 0.0779. The van der Waals surface area contributed by atoms with Crippen molar-refractivity contribution in [3.05, 3.63) is 0 Å². The van der Waals surface area contributed by atoms with Crippen molar-refractivity contribution in [3.63, 3.8) is 0 Å². The number of rotatable bonds is 1. The Morgan fingerprint density at radius 3 is 2.77 bits per heavy atom. The van der Waals surface area contributed by atoms with E-state index in [4.69, 9.17) is 21.6 Å². The van der Waals surface area contributed by atoms with E-state index in [1.165, 1.54) is 0 Å². The van der Waals surface area contributed by atoms with Crippen LogP contribution in [0.2, 0.25) is 0 Å². The molecule has 1 unspecified atom stereocenters. The highest BCUT2D eigenvalue weighted by Crippen LogP contribution is 2.11. The molecule has 1 atom stereocenters. The summed E-state index contributed by atoms with van der Waals surface area (Å²) >= 11 is 0. The Morgan fingerprint density at radius 2 is 2.31 bits per heavy atom. The van der Waals surface area contributed by atoms with E-state index in [-0.39, 0.29) is 18.0 Å². The summed E-state index contributed by atoms with van der Waals surface area (Å²) in [6.07, 6.45) is 1.10. The summed E-state index contributed by atoms with van der Waals surface area (Å²) in [7, 11) is 1.67. The van der Waals surface area contributed by atoms with Gasteiger partial charge in [-0.1, -0.05) is 0 Å². The molecule has 1 aliphatic rings. The maximum atomic E-state index is 7.50. The minimum Gasteiger partial charge on any atom is -0.380 e. The van der Waals surface area contributed by atoms with Crippen LogP contribution in [0.5, 0.6) is 0 Å². The quantitative estimate of drug-likeness (QED) is 0.357. The molecule has 0 aromatic heterocycles. The summed E-state index contributed by atoms with van der Waals surface area (Å²) in [6, 6.07) is 0. The van der Waals surface area contributed by atoms with Crippen LogP contribution in [0.4, 0.5) is 0 Å². The molecule has 0 amide bonds. The Morgan fingerprint density at radius 1 is 1.62 bits per heavy atom. The summed E-state index contributed by atoms with van der Waals surface area (Å²) in [5, 5.41) is 7.50. The van der Waals surface area contributed by atoms with Gasteiger partial charge in [0.2, 0.25) is 5.96 Å². The second-order valence-electron chi connectivity index (χ2n) is 2.95. The molecule has 6 heteroatoms. The predicted molar refractivity (Wildman–Crippen MR) is 50.5 cm³/mol. The molecular formula is C7H15N5O. The lowest BCUT2D eigenvalue weighted by Crippen LogP contribution is -2.32. The van der Waals surface area contributed by atoms with Crippen molar-refractivity contribution < 1.29 is 4.74 Å². The number of likely N-dealkylation sites (tertiary alicyclic amines) is 1. The Bertz CT molecular complexity index is 223. The van der Waals surface area contributed by atoms with Crippen LogP contribution in [0.3, 0.4) is 0 Å². The van der Waals surface area contributed by atoms with Gasteiger partial charge in [-0.2, -0.15) is 4.99 Å². The molecule has 0 saturated carbocycles. The van der Waals surface area contributed by atoms with Crippen molar-refractivity contribution in [2.75, 3.05) is 20.2 Å². The van der Waals surface area contributed by atoms with Crippen molar-refractivity contribution >= 4 is 11.9 Å². The van der Waals surface area contributed by atoms with Crippen LogP contribution in [0.15, 0.2) is 4.99 Å². The third kappa shape index (κ3) is 2.59. The van der Waals surface area contributed by atoms with Crippen LogP contribution >= 0.6 is 0 Å². The van der Waals surface area contributed by atoms with Crippen LogP contribution < -0.4 is 11.5 Å². The molecule has 13 heavy (non-hydrogen) atoms. The number of hydrogen-bond donors (Lipinski definition) is 3. The van der Waals surface area contributed by atoms with Gasteiger partial charge in [0.1, 0.15) is 0 Å². The van der Waals surface area contributed by atoms with Gasteiger partial charge in [-0.3, -0.25) is 5.41 Å². The van der Waals surface area contributed by atoms with Crippen LogP contribution in [-0.2, 0) is 4.74 Å². The van der Waals surface area contributed by atoms with Crippen molar-refractivity contribution in [2.45, 2.75) is 12.5 Å². The number of nitrogens with zero attached hydrogens (tertiary/aromatic N) is 2. The molecule has 1 saturated heterocycles. The number of nitrogens with two attached hydrogens (primary N) is 2. The number of aliphatic imine (C=N–C) groups is 1. The third-order valence-electron chi connectivity index (χ3n) is 2.01. The van der Waals surface area contributed by atoms with E-state index >= 15 is 0 Å². The van der Waals surface area contributed by atoms with Gasteiger partial charge in [-0.05, 0) is 6.42 Å². The number of hydrogen-bond acceptors (Lipinski definition) is 2. The van der Waals surface area contributed by atoms with Crippen LogP contribution in [0.25, 0.3) is 0 Å². The van der Waals surface area contributed by atoms with E-state index in [2.05, 4.69) is 4.99 Å². The van der Waals surface area contributed by atoms with E-state index in [0.29, 0.717) is 6.54 Å². The first-order valence-corrected chi connectivity index (χ1v) is 4.09. The fourth-order valence-electron chi connectivity index (χ4n) is 1.31. The molecule has 0 radical (unpaired) electrons. The second kappa shape index (κ2) is 4.08. The van der Waals surface area contributed by atoms with E-state index in [0.717, 1.165) is 13.0 Å². The summed E-state index contributed by atoms with van der Waals surface area (Å²) in [5.74, 6) is 0.0328. The van der Waals surface area contributed by atoms with E-state index in [1.54, 1.807) is 12.0 Å². The summed E-state index contributed by atoms with van der Waals surface area (Å²) in [4.78, 5) is 5.44. The zero-order valence-electron chi connectivity index (χ0n) is 7.66. The SMILES string of the molecule is COC1CCN(C(=N)N=C(N)N)C1. The molecule has 0 aliphatic carbocycles. The van der Waals surface area contributed by atoms with Crippen molar-refractivity contribution in [1.29, 1.82) is 5.41 Å². The van der Waals surface area contributed by atoms with Crippen molar-refractivity contribution in [1.82, 2.24) is 4.90 Å². The van der Waals surface area contributed by atoms with Gasteiger partial charge >= 0.3 is 0 Å². The highest BCUT2D eigenvalue weighted by atomic mass is 16.5. The molecule has 0 aromatic carbocycles. The maximum absolute atomic E-state index is 7.50. The van der Waals surface area contributed by atoms with Crippen LogP contribution in [0, 0.1) is 5.41 Å². The topological polar surface area (TPSA) is 101 Å². The molecule has 0 spiro atoms. The minimum atomic E-state index is -0.0779. The normalized spacial score (nSPS) is 21.6. The number of methoxy groups -OCH3 is 1. The Labute approximate surface area is 77.1 Å². The second-order valence-corrected chi connectivity index (χ2v) is 2.95. The van der Waals surface area contributed by atoms with Gasteiger partial charge in [0, 0.05) is 20.2 Å². The van der Waals surface area contributed by atoms with Gasteiger partial charge in [0.05, 0.1) is 6.10 Å². The van der Waals surface area contributed by atoms with Gasteiger partial charge < -0.3 is 21.1 Å². The van der Waals surface area contributed by atoms with Crippen molar-refractivity contribution in [3.8, 4) is 0 Å². The molecule has 0 bridgehead atoms. The molecule has 1 rings (SSSR count). The van der Waals surface area contributed by atoms with Crippen LogP contribution in [-0.4, -0.2) is 43.1 Å². The highest BCUT2D eigenvalue weighted by Gasteiger charge is 2.23. The van der Waals surface area contributed by atoms with Crippen molar-refractivity contribution in [2.24, 2.45) is 16.5 Å². The zero-order chi connectivity index (χ0) is 9.84. The zero-order valence-corrected chi connectivity index (χ0v) is 7.66. The highest BCUT2D eigenvalue weighted by molar-refractivity contribution is 5.91. The average molecular weight is 185 g/mol. The lowest BCUT2D eigenvalue weighted by molar-refractivity contribution is 0.114. The maximum Gasteiger partial charge on any atom is 0.221 e. The predicted octanol–water partition coefficient (Wildman–Crippen LogP) is -1.08. The number of ether oxygens (including phenoxy) is 1. The molecular weight excluding hydrogens is 170 g/mol. The lowest BCUT2D eigenvalue weighted by atomic mass is 10.3. The summed E-state index contributed by atoms with van der Waals surface area (Å²) < 4.78 is 5.15. The van der Waals surface area contributed by atoms with Gasteiger partial charge in [-0.25, -0.2) is 0 Å². The third-order valence-corrected chi connectivity index (χ3v) is 2.01. The number of nitrogens with one attached hydrogen (secondary N) is 1. The molecule has 74 valence electrons.